The number of amides is 1. The van der Waals surface area contributed by atoms with E-state index in [1.54, 1.807) is 18.2 Å². The van der Waals surface area contributed by atoms with Crippen LogP contribution < -0.4 is 20.5 Å². The van der Waals surface area contributed by atoms with Crippen LogP contribution in [0.3, 0.4) is 0 Å². The van der Waals surface area contributed by atoms with Gasteiger partial charge in [0.05, 0.1) is 18.1 Å². The van der Waals surface area contributed by atoms with Gasteiger partial charge in [-0.2, -0.15) is 0 Å². The van der Waals surface area contributed by atoms with Crippen molar-refractivity contribution in [1.29, 1.82) is 0 Å². The normalized spacial score (nSPS) is 14.8. The van der Waals surface area contributed by atoms with Gasteiger partial charge in [0.15, 0.2) is 0 Å². The highest BCUT2D eigenvalue weighted by molar-refractivity contribution is 7.89. The largest absolute Gasteiger partial charge is 0.495 e. The van der Waals surface area contributed by atoms with Crippen molar-refractivity contribution in [3.8, 4) is 5.75 Å². The van der Waals surface area contributed by atoms with E-state index in [0.29, 0.717) is 16.7 Å². The smallest absolute Gasteiger partial charge is 0.323 e. The molecule has 1 aromatic heterocycles. The number of anilines is 1. The average Bonchev–Trinajstić information content (AvgIpc) is 3.35. The van der Waals surface area contributed by atoms with Crippen LogP contribution in [0.25, 0.3) is 11.0 Å². The van der Waals surface area contributed by atoms with Gasteiger partial charge in [0.2, 0.25) is 10.0 Å². The Bertz CT molecular complexity index is 1260. The Morgan fingerprint density at radius 2 is 1.80 bits per heavy atom. The number of ether oxygens (including phenoxy) is 1. The van der Waals surface area contributed by atoms with Gasteiger partial charge in [-0.1, -0.05) is 12.8 Å². The predicted molar refractivity (Wildman–Crippen MR) is 112 cm³/mol. The third-order valence-corrected chi connectivity index (χ3v) is 6.71. The molecule has 3 aromatic rings. The van der Waals surface area contributed by atoms with Crippen LogP contribution in [0.1, 0.15) is 36.0 Å². The Morgan fingerprint density at radius 3 is 2.53 bits per heavy atom. The SMILES string of the molecule is COc1ccc(C(=O)Nc2ccc3[nH]c(=O)[nH]c3c2)cc1S(=O)(=O)NC1CCCC1. The molecule has 1 amide bonds. The molecular formula is C20H22N4O5S. The maximum Gasteiger partial charge on any atom is 0.323 e. The number of nitrogens with one attached hydrogen (secondary N) is 4. The summed E-state index contributed by atoms with van der Waals surface area (Å²) in [5.74, 6) is -0.310. The lowest BCUT2D eigenvalue weighted by molar-refractivity contribution is 0.102. The zero-order valence-electron chi connectivity index (χ0n) is 16.3. The van der Waals surface area contributed by atoms with E-state index in [1.165, 1.54) is 25.3 Å². The van der Waals surface area contributed by atoms with Crippen molar-refractivity contribution in [2.24, 2.45) is 0 Å². The number of hydrogen-bond donors (Lipinski definition) is 4. The third-order valence-electron chi connectivity index (χ3n) is 5.17. The maximum atomic E-state index is 12.9. The van der Waals surface area contributed by atoms with Crippen molar-refractivity contribution >= 4 is 32.7 Å². The monoisotopic (exact) mass is 430 g/mol. The van der Waals surface area contributed by atoms with Crippen LogP contribution in [0.5, 0.6) is 5.75 Å². The summed E-state index contributed by atoms with van der Waals surface area (Å²) in [6, 6.07) is 9.10. The number of imidazole rings is 1. The van der Waals surface area contributed by atoms with Gasteiger partial charge in [-0.15, -0.1) is 0 Å². The second-order valence-corrected chi connectivity index (χ2v) is 8.94. The molecule has 0 radical (unpaired) electrons. The summed E-state index contributed by atoms with van der Waals surface area (Å²) in [5, 5.41) is 2.72. The van der Waals surface area contributed by atoms with E-state index in [2.05, 4.69) is 20.0 Å². The lowest BCUT2D eigenvalue weighted by atomic mass is 10.2. The molecule has 158 valence electrons. The number of rotatable bonds is 6. The number of carbonyl (C=O) groups is 1. The van der Waals surface area contributed by atoms with Gasteiger partial charge in [-0.25, -0.2) is 17.9 Å². The summed E-state index contributed by atoms with van der Waals surface area (Å²) >= 11 is 0. The van der Waals surface area contributed by atoms with Crippen molar-refractivity contribution in [3.63, 3.8) is 0 Å². The highest BCUT2D eigenvalue weighted by Crippen LogP contribution is 2.27. The first-order valence-corrected chi connectivity index (χ1v) is 11.1. The van der Waals surface area contributed by atoms with Crippen molar-refractivity contribution in [2.45, 2.75) is 36.6 Å². The highest BCUT2D eigenvalue weighted by atomic mass is 32.2. The topological polar surface area (TPSA) is 133 Å². The lowest BCUT2D eigenvalue weighted by Crippen LogP contribution is -2.33. The minimum absolute atomic E-state index is 0.0741. The molecule has 0 unspecified atom stereocenters. The number of aromatic nitrogens is 2. The molecule has 0 atom stereocenters. The third kappa shape index (κ3) is 4.10. The zero-order valence-corrected chi connectivity index (χ0v) is 17.1. The lowest BCUT2D eigenvalue weighted by Gasteiger charge is -2.16. The van der Waals surface area contributed by atoms with Gasteiger partial charge in [0.1, 0.15) is 10.6 Å². The molecule has 0 bridgehead atoms. The van der Waals surface area contributed by atoms with Crippen LogP contribution in [0.4, 0.5) is 5.69 Å². The first-order chi connectivity index (χ1) is 14.4. The first-order valence-electron chi connectivity index (χ1n) is 9.59. The Hall–Kier alpha value is -3.11. The van der Waals surface area contributed by atoms with Crippen LogP contribution in [0.2, 0.25) is 0 Å². The average molecular weight is 430 g/mol. The number of methoxy groups -OCH3 is 1. The van der Waals surface area contributed by atoms with E-state index in [9.17, 15) is 18.0 Å². The number of carbonyl (C=O) groups excluding carboxylic acids is 1. The number of benzene rings is 2. The van der Waals surface area contributed by atoms with Crippen molar-refractivity contribution in [3.05, 3.63) is 52.4 Å². The van der Waals surface area contributed by atoms with Crippen LogP contribution in [0, 0.1) is 0 Å². The minimum atomic E-state index is -3.84. The van der Waals surface area contributed by atoms with E-state index >= 15 is 0 Å². The fourth-order valence-electron chi connectivity index (χ4n) is 3.67. The quantitative estimate of drug-likeness (QED) is 0.476. The standard InChI is InChI=1S/C20H22N4O5S/c1-29-17-9-6-12(10-18(17)30(27,28)24-13-4-2-3-5-13)19(25)21-14-7-8-15-16(11-14)23-20(26)22-15/h6-11,13,24H,2-5H2,1H3,(H,21,25)(H2,22,23,26). The summed E-state index contributed by atoms with van der Waals surface area (Å²) in [6.07, 6.45) is 3.57. The molecule has 0 spiro atoms. The fraction of sp³-hybridized carbons (Fsp3) is 0.300. The second-order valence-electron chi connectivity index (χ2n) is 7.26. The predicted octanol–water partition coefficient (Wildman–Crippen LogP) is 2.34. The Balaban J connectivity index is 1.60. The van der Waals surface area contributed by atoms with E-state index in [-0.39, 0.29) is 27.9 Å². The van der Waals surface area contributed by atoms with Gasteiger partial charge in [-0.05, 0) is 49.2 Å². The van der Waals surface area contributed by atoms with Crippen molar-refractivity contribution < 1.29 is 17.9 Å². The number of fused-ring (bicyclic) bond motifs is 1. The Labute approximate surface area is 172 Å². The molecule has 10 heteroatoms. The molecule has 0 saturated heterocycles. The minimum Gasteiger partial charge on any atom is -0.495 e. The highest BCUT2D eigenvalue weighted by Gasteiger charge is 2.26. The van der Waals surface area contributed by atoms with E-state index in [1.807, 2.05) is 0 Å². The van der Waals surface area contributed by atoms with Gasteiger partial charge in [0.25, 0.3) is 5.91 Å². The zero-order chi connectivity index (χ0) is 21.3. The summed E-state index contributed by atoms with van der Waals surface area (Å²) in [6.45, 7) is 0. The molecule has 1 aliphatic carbocycles. The molecule has 4 N–H and O–H groups in total. The number of hydrogen-bond acceptors (Lipinski definition) is 5. The second kappa shape index (κ2) is 7.96. The fourth-order valence-corrected chi connectivity index (χ4v) is 5.17. The van der Waals surface area contributed by atoms with Crippen molar-refractivity contribution in [2.75, 3.05) is 12.4 Å². The van der Waals surface area contributed by atoms with Crippen LogP contribution in [-0.2, 0) is 10.0 Å². The molecule has 0 aliphatic heterocycles. The first kappa shape index (κ1) is 20.2. The maximum absolute atomic E-state index is 12.9. The molecule has 2 aromatic carbocycles. The Kier molecular flexibility index (Phi) is 5.35. The number of H-pyrrole nitrogens is 2. The molecular weight excluding hydrogens is 408 g/mol. The van der Waals surface area contributed by atoms with E-state index in [4.69, 9.17) is 4.74 Å². The molecule has 4 rings (SSSR count). The van der Waals surface area contributed by atoms with Crippen molar-refractivity contribution in [1.82, 2.24) is 14.7 Å². The van der Waals surface area contributed by atoms with Gasteiger partial charge < -0.3 is 20.0 Å². The van der Waals surface area contributed by atoms with Gasteiger partial charge >= 0.3 is 5.69 Å². The van der Waals surface area contributed by atoms with E-state index < -0.39 is 15.9 Å². The van der Waals surface area contributed by atoms with Gasteiger partial charge in [-0.3, -0.25) is 4.79 Å². The molecule has 1 aliphatic rings. The summed E-state index contributed by atoms with van der Waals surface area (Å²) in [4.78, 5) is 29.3. The molecule has 1 fully saturated rings. The molecule has 30 heavy (non-hydrogen) atoms. The number of sulfonamides is 1. The van der Waals surface area contributed by atoms with Crippen LogP contribution in [0.15, 0.2) is 46.1 Å². The summed E-state index contributed by atoms with van der Waals surface area (Å²) < 4.78 is 33.7. The van der Waals surface area contributed by atoms with Gasteiger partial charge in [0, 0.05) is 17.3 Å². The molecule has 1 saturated carbocycles. The Morgan fingerprint density at radius 1 is 1.07 bits per heavy atom. The summed E-state index contributed by atoms with van der Waals surface area (Å²) in [5.41, 5.74) is 1.47. The molecule has 9 nitrogen and oxygen atoms in total. The molecule has 1 heterocycles. The van der Waals surface area contributed by atoms with Crippen LogP contribution in [-0.4, -0.2) is 37.4 Å². The summed E-state index contributed by atoms with van der Waals surface area (Å²) in [7, 11) is -2.45. The van der Waals surface area contributed by atoms with E-state index in [0.717, 1.165) is 25.7 Å². The number of aromatic amines is 2. The van der Waals surface area contributed by atoms with Crippen LogP contribution >= 0.6 is 0 Å².